The standard InChI is InChI=1S/2C13H15.2ClH.Zr/c2*1-4-11-6-5-10(3)12-7-9(2)8-13(11)12;;;/h2*5-8H,4H2,1-3H3;2*1H;/q;;;;+2/p-2. The van der Waals surface area contributed by atoms with Crippen molar-refractivity contribution in [3.63, 3.8) is 0 Å². The number of fused-ring (bicyclic) bond motifs is 2. The van der Waals surface area contributed by atoms with Gasteiger partial charge < -0.3 is 0 Å². The number of hydrogen-bond donors (Lipinski definition) is 0. The molecule has 0 radical (unpaired) electrons. The summed E-state index contributed by atoms with van der Waals surface area (Å²) in [6.45, 7) is 13.4. The van der Waals surface area contributed by atoms with Gasteiger partial charge in [0, 0.05) is 0 Å². The van der Waals surface area contributed by atoms with Crippen LogP contribution in [0.2, 0.25) is 0 Å². The van der Waals surface area contributed by atoms with E-state index in [1.165, 1.54) is 55.7 Å². The fourth-order valence-electron chi connectivity index (χ4n) is 5.54. The molecule has 0 saturated carbocycles. The fraction of sp³-hybridized carbons (Fsp3) is 0.385. The first-order valence-electron chi connectivity index (χ1n) is 10.7. The maximum absolute atomic E-state index is 7.62. The van der Waals surface area contributed by atoms with Crippen LogP contribution in [0.5, 0.6) is 0 Å². The van der Waals surface area contributed by atoms with Crippen LogP contribution in [0, 0.1) is 13.8 Å². The van der Waals surface area contributed by atoms with Crippen molar-refractivity contribution < 1.29 is 17.9 Å². The molecular weight excluding hydrogens is 474 g/mol. The van der Waals surface area contributed by atoms with Crippen LogP contribution in [0.3, 0.4) is 0 Å². The van der Waals surface area contributed by atoms with Gasteiger partial charge in [0.15, 0.2) is 0 Å². The van der Waals surface area contributed by atoms with Crippen LogP contribution in [0.15, 0.2) is 35.4 Å². The van der Waals surface area contributed by atoms with Crippen molar-refractivity contribution in [3.8, 4) is 0 Å². The molecule has 0 aliphatic heterocycles. The summed E-state index contributed by atoms with van der Waals surface area (Å²) in [5.41, 5.74) is 13.8. The Morgan fingerprint density at radius 1 is 0.690 bits per heavy atom. The van der Waals surface area contributed by atoms with Gasteiger partial charge in [0.25, 0.3) is 0 Å². The third-order valence-corrected chi connectivity index (χ3v) is 19.6. The number of hydrogen-bond acceptors (Lipinski definition) is 0. The second-order valence-corrected chi connectivity index (χ2v) is 23.5. The molecule has 2 atom stereocenters. The Balaban J connectivity index is 1.90. The Hall–Kier alpha value is -0.617. The third-order valence-electron chi connectivity index (χ3n) is 6.95. The molecule has 29 heavy (non-hydrogen) atoms. The second-order valence-electron chi connectivity index (χ2n) is 8.76. The monoisotopic (exact) mass is 502 g/mol. The van der Waals surface area contributed by atoms with Gasteiger partial charge in [-0.05, 0) is 0 Å². The number of aryl methyl sites for hydroxylation is 4. The van der Waals surface area contributed by atoms with E-state index >= 15 is 0 Å². The molecule has 2 aliphatic rings. The van der Waals surface area contributed by atoms with E-state index in [1.54, 1.807) is 0 Å². The van der Waals surface area contributed by atoms with Crippen LogP contribution in [0.1, 0.15) is 79.5 Å². The molecule has 0 amide bonds. The molecule has 4 rings (SSSR count). The van der Waals surface area contributed by atoms with Crippen LogP contribution in [0.4, 0.5) is 0 Å². The van der Waals surface area contributed by atoms with Crippen LogP contribution in [0.25, 0.3) is 12.2 Å². The predicted octanol–water partition coefficient (Wildman–Crippen LogP) is 8.51. The summed E-state index contributed by atoms with van der Waals surface area (Å²) < 4.78 is 0.413. The van der Waals surface area contributed by atoms with Crippen molar-refractivity contribution in [3.05, 3.63) is 79.9 Å². The second kappa shape index (κ2) is 7.82. The summed E-state index contributed by atoms with van der Waals surface area (Å²) in [6.07, 6.45) is 6.81. The molecule has 0 spiro atoms. The van der Waals surface area contributed by atoms with E-state index in [0.29, 0.717) is 0 Å². The van der Waals surface area contributed by atoms with Gasteiger partial charge in [-0.3, -0.25) is 0 Å². The maximum atomic E-state index is 7.62. The molecule has 3 heteroatoms. The first-order valence-corrected chi connectivity index (χ1v) is 19.9. The van der Waals surface area contributed by atoms with E-state index in [0.717, 1.165) is 12.8 Å². The molecule has 0 aromatic heterocycles. The topological polar surface area (TPSA) is 0 Å². The minimum atomic E-state index is -3.74. The number of allylic oxidation sites excluding steroid dienone is 2. The number of benzene rings is 2. The zero-order valence-electron chi connectivity index (χ0n) is 18.3. The van der Waals surface area contributed by atoms with Gasteiger partial charge in [0.2, 0.25) is 0 Å². The Morgan fingerprint density at radius 2 is 1.07 bits per heavy atom. The molecule has 0 bridgehead atoms. The molecule has 152 valence electrons. The first-order chi connectivity index (χ1) is 13.7. The van der Waals surface area contributed by atoms with E-state index in [1.807, 2.05) is 0 Å². The van der Waals surface area contributed by atoms with Crippen molar-refractivity contribution in [2.45, 2.75) is 61.6 Å². The fourth-order valence-corrected chi connectivity index (χ4v) is 20.2. The SMILES string of the molecule is CCc1ccc(C)c2c1C=C(C)[CH]2[Zr]([Cl])([Cl])[CH]1C(C)=Cc2c(CC)ccc(C)c21. The zero-order chi connectivity index (χ0) is 21.1. The van der Waals surface area contributed by atoms with E-state index in [-0.39, 0.29) is 7.25 Å². The minimum absolute atomic E-state index is 0.207. The molecule has 2 aliphatic carbocycles. The van der Waals surface area contributed by atoms with Gasteiger partial charge in [-0.25, -0.2) is 0 Å². The number of rotatable bonds is 4. The van der Waals surface area contributed by atoms with Crippen molar-refractivity contribution >= 4 is 29.2 Å². The van der Waals surface area contributed by atoms with Crippen molar-refractivity contribution in [1.29, 1.82) is 0 Å². The van der Waals surface area contributed by atoms with Crippen LogP contribution < -0.4 is 0 Å². The van der Waals surface area contributed by atoms with Crippen LogP contribution in [-0.4, -0.2) is 0 Å². The normalized spacial score (nSPS) is 20.4. The van der Waals surface area contributed by atoms with Gasteiger partial charge in [-0.15, -0.1) is 0 Å². The summed E-state index contributed by atoms with van der Waals surface area (Å²) in [6, 6.07) is 9.07. The Kier molecular flexibility index (Phi) is 5.82. The summed E-state index contributed by atoms with van der Waals surface area (Å²) in [5.74, 6) is 0. The van der Waals surface area contributed by atoms with Crippen LogP contribution >= 0.6 is 17.0 Å². The molecule has 0 saturated heterocycles. The van der Waals surface area contributed by atoms with Gasteiger partial charge in [-0.1, -0.05) is 0 Å². The Labute approximate surface area is 187 Å². The predicted molar refractivity (Wildman–Crippen MR) is 126 cm³/mol. The molecule has 2 unspecified atom stereocenters. The van der Waals surface area contributed by atoms with E-state index < -0.39 is 17.9 Å². The van der Waals surface area contributed by atoms with Gasteiger partial charge in [0.05, 0.1) is 0 Å². The van der Waals surface area contributed by atoms with Gasteiger partial charge in [-0.2, -0.15) is 0 Å². The quantitative estimate of drug-likeness (QED) is 0.392. The molecular formula is C26H30Cl2Zr. The molecule has 0 fully saturated rings. The van der Waals surface area contributed by atoms with Gasteiger partial charge >= 0.3 is 189 Å². The molecule has 2 aromatic carbocycles. The molecule has 0 nitrogen and oxygen atoms in total. The Bertz CT molecular complexity index is 975. The summed E-state index contributed by atoms with van der Waals surface area (Å²) in [5, 5.41) is 0. The summed E-state index contributed by atoms with van der Waals surface area (Å²) in [7, 11) is 15.2. The molecule has 0 heterocycles. The van der Waals surface area contributed by atoms with E-state index in [4.69, 9.17) is 17.0 Å². The third kappa shape index (κ3) is 3.28. The average Bonchev–Trinajstić information content (AvgIpc) is 3.21. The first kappa shape index (κ1) is 21.6. The van der Waals surface area contributed by atoms with E-state index in [2.05, 4.69) is 78.0 Å². The van der Waals surface area contributed by atoms with Gasteiger partial charge in [0.1, 0.15) is 0 Å². The molecule has 2 aromatic rings. The van der Waals surface area contributed by atoms with Crippen molar-refractivity contribution in [1.82, 2.24) is 0 Å². The van der Waals surface area contributed by atoms with E-state index in [9.17, 15) is 0 Å². The number of halogens is 2. The molecule has 0 N–H and O–H groups in total. The Morgan fingerprint density at radius 3 is 1.41 bits per heavy atom. The van der Waals surface area contributed by atoms with Crippen molar-refractivity contribution in [2.24, 2.45) is 0 Å². The average molecular weight is 505 g/mol. The zero-order valence-corrected chi connectivity index (χ0v) is 22.3. The summed E-state index contributed by atoms with van der Waals surface area (Å²) in [4.78, 5) is 0. The van der Waals surface area contributed by atoms with Crippen LogP contribution in [-0.2, 0) is 30.7 Å². The van der Waals surface area contributed by atoms with Crippen molar-refractivity contribution in [2.75, 3.05) is 0 Å². The summed E-state index contributed by atoms with van der Waals surface area (Å²) >= 11 is -3.74.